The van der Waals surface area contributed by atoms with Crippen LogP contribution in [0.4, 0.5) is 0 Å². The second-order valence-electron chi connectivity index (χ2n) is 4.76. The molecule has 10 nitrogen and oxygen atoms in total. The molecule has 0 rings (SSSR count). The van der Waals surface area contributed by atoms with Crippen LogP contribution in [-0.2, 0) is 39.2 Å². The van der Waals surface area contributed by atoms with Crippen molar-refractivity contribution in [1.29, 1.82) is 0 Å². The molecule has 0 saturated heterocycles. The lowest BCUT2D eigenvalue weighted by Gasteiger charge is -2.36. The molecule has 0 bridgehead atoms. The van der Waals surface area contributed by atoms with Crippen molar-refractivity contribution in [3.05, 3.63) is 0 Å². The van der Waals surface area contributed by atoms with E-state index in [-0.39, 0.29) is 46.2 Å². The van der Waals surface area contributed by atoms with Crippen LogP contribution in [0.3, 0.4) is 0 Å². The SMILES string of the molecule is CCO[Si](O)(O[Si](OCC)(OCC)OCC)O[Si](OCC)(OCC)OCC. The summed E-state index contributed by atoms with van der Waals surface area (Å²) in [6.45, 7) is 14.0. The summed E-state index contributed by atoms with van der Waals surface area (Å²) in [5.41, 5.74) is 0. The summed E-state index contributed by atoms with van der Waals surface area (Å²) in [6, 6.07) is 0. The van der Waals surface area contributed by atoms with Crippen LogP contribution in [0.15, 0.2) is 0 Å². The Labute approximate surface area is 166 Å². The smallest absolute Gasteiger partial charge is 0.368 e. The lowest BCUT2D eigenvalue weighted by Crippen LogP contribution is -2.66. The van der Waals surface area contributed by atoms with Crippen molar-refractivity contribution in [3.63, 3.8) is 0 Å². The molecule has 0 aromatic carbocycles. The van der Waals surface area contributed by atoms with E-state index in [1.165, 1.54) is 0 Å². The molecule has 0 heterocycles. The quantitative estimate of drug-likeness (QED) is 0.311. The Morgan fingerprint density at radius 1 is 0.444 bits per heavy atom. The molecule has 0 aromatic heterocycles. The highest BCUT2D eigenvalue weighted by atomic mass is 28.5. The van der Waals surface area contributed by atoms with Crippen LogP contribution < -0.4 is 0 Å². The fourth-order valence-corrected chi connectivity index (χ4v) is 10.0. The largest absolute Gasteiger partial charge is 0.673 e. The molecule has 0 atom stereocenters. The number of rotatable bonds is 18. The molecule has 164 valence electrons. The van der Waals surface area contributed by atoms with Crippen LogP contribution in [0, 0.1) is 0 Å². The van der Waals surface area contributed by atoms with Gasteiger partial charge in [0, 0.05) is 46.2 Å². The van der Waals surface area contributed by atoms with Gasteiger partial charge in [-0.2, -0.15) is 0 Å². The Balaban J connectivity index is 5.79. The summed E-state index contributed by atoms with van der Waals surface area (Å²) in [4.78, 5) is 11.1. The van der Waals surface area contributed by atoms with E-state index in [0.29, 0.717) is 0 Å². The fourth-order valence-electron chi connectivity index (χ4n) is 2.07. The van der Waals surface area contributed by atoms with Gasteiger partial charge < -0.3 is 44.0 Å². The van der Waals surface area contributed by atoms with Gasteiger partial charge in [-0.3, -0.25) is 0 Å². The lowest BCUT2D eigenvalue weighted by molar-refractivity contribution is -0.0657. The van der Waals surface area contributed by atoms with Crippen LogP contribution in [0.25, 0.3) is 0 Å². The Bertz CT molecular complexity index is 315. The fraction of sp³-hybridized carbons (Fsp3) is 1.00. The van der Waals surface area contributed by atoms with Crippen molar-refractivity contribution in [2.75, 3.05) is 46.2 Å². The van der Waals surface area contributed by atoms with E-state index in [9.17, 15) is 4.80 Å². The first kappa shape index (κ1) is 27.3. The van der Waals surface area contributed by atoms with Crippen LogP contribution in [0.1, 0.15) is 48.5 Å². The highest BCUT2D eigenvalue weighted by Gasteiger charge is 2.63. The van der Waals surface area contributed by atoms with Crippen molar-refractivity contribution < 1.29 is 44.0 Å². The molecule has 0 aliphatic carbocycles. The van der Waals surface area contributed by atoms with E-state index in [4.69, 9.17) is 39.2 Å². The Hall–Kier alpha value is 0.251. The molecule has 1 N–H and O–H groups in total. The van der Waals surface area contributed by atoms with Gasteiger partial charge in [0.15, 0.2) is 0 Å². The molecular weight excluding hydrogens is 412 g/mol. The third kappa shape index (κ3) is 9.53. The maximum absolute atomic E-state index is 11.1. The van der Waals surface area contributed by atoms with Crippen LogP contribution in [0.5, 0.6) is 0 Å². The molecule has 0 fully saturated rings. The van der Waals surface area contributed by atoms with E-state index in [2.05, 4.69) is 0 Å². The number of hydrogen-bond acceptors (Lipinski definition) is 10. The molecule has 0 aliphatic rings. The van der Waals surface area contributed by atoms with Gasteiger partial charge in [-0.25, -0.2) is 0 Å². The lowest BCUT2D eigenvalue weighted by atomic mass is 10.9. The first-order valence-electron chi connectivity index (χ1n) is 9.44. The molecule has 27 heavy (non-hydrogen) atoms. The van der Waals surface area contributed by atoms with E-state index in [0.717, 1.165) is 0 Å². The summed E-state index contributed by atoms with van der Waals surface area (Å²) in [6.07, 6.45) is 0. The van der Waals surface area contributed by atoms with Gasteiger partial charge in [-0.15, -0.1) is 0 Å². The Morgan fingerprint density at radius 2 is 0.667 bits per heavy atom. The predicted molar refractivity (Wildman–Crippen MR) is 103 cm³/mol. The van der Waals surface area contributed by atoms with Gasteiger partial charge in [0.25, 0.3) is 0 Å². The zero-order chi connectivity index (χ0) is 20.8. The van der Waals surface area contributed by atoms with Gasteiger partial charge in [-0.05, 0) is 48.5 Å². The molecule has 0 unspecified atom stereocenters. The standard InChI is InChI=1S/C14H36O10Si3/c1-8-16-25(15,23-26(17-9-2,18-10-3)19-11-4)24-27(20-12-5,21-13-6)22-14-7/h15H,8-14H2,1-7H3. The van der Waals surface area contributed by atoms with E-state index in [1.807, 2.05) is 0 Å². The van der Waals surface area contributed by atoms with E-state index >= 15 is 0 Å². The number of hydrogen-bond donors (Lipinski definition) is 1. The zero-order valence-electron chi connectivity index (χ0n) is 17.6. The molecule has 0 saturated carbocycles. The summed E-state index contributed by atoms with van der Waals surface area (Å²) in [5.74, 6) is 0. The third-order valence-corrected chi connectivity index (χ3v) is 11.3. The summed E-state index contributed by atoms with van der Waals surface area (Å²) in [7, 11) is -11.8. The Kier molecular flexibility index (Phi) is 14.4. The van der Waals surface area contributed by atoms with E-state index in [1.54, 1.807) is 48.5 Å². The average molecular weight is 449 g/mol. The normalized spacial score (nSPS) is 13.3. The topological polar surface area (TPSA) is 103 Å². The maximum Gasteiger partial charge on any atom is 0.673 e. The van der Waals surface area contributed by atoms with Crippen molar-refractivity contribution in [2.45, 2.75) is 48.5 Å². The Morgan fingerprint density at radius 3 is 0.852 bits per heavy atom. The van der Waals surface area contributed by atoms with Gasteiger partial charge in [0.05, 0.1) is 0 Å². The minimum Gasteiger partial charge on any atom is -0.368 e. The van der Waals surface area contributed by atoms with E-state index < -0.39 is 27.1 Å². The molecule has 0 radical (unpaired) electrons. The third-order valence-electron chi connectivity index (χ3n) is 2.76. The van der Waals surface area contributed by atoms with Gasteiger partial charge in [0.2, 0.25) is 0 Å². The summed E-state index contributed by atoms with van der Waals surface area (Å²) < 4.78 is 50.8. The first-order chi connectivity index (χ1) is 12.8. The van der Waals surface area contributed by atoms with Crippen molar-refractivity contribution >= 4 is 27.1 Å². The molecule has 0 amide bonds. The first-order valence-corrected chi connectivity index (χ1v) is 14.4. The molecule has 0 aromatic rings. The second kappa shape index (κ2) is 14.3. The highest BCUT2D eigenvalue weighted by Crippen LogP contribution is 2.24. The van der Waals surface area contributed by atoms with Gasteiger partial charge in [0.1, 0.15) is 0 Å². The minimum absolute atomic E-state index is 0.117. The van der Waals surface area contributed by atoms with Crippen molar-refractivity contribution in [2.24, 2.45) is 0 Å². The van der Waals surface area contributed by atoms with Crippen LogP contribution in [-0.4, -0.2) is 78.2 Å². The zero-order valence-corrected chi connectivity index (χ0v) is 20.6. The van der Waals surface area contributed by atoms with Crippen molar-refractivity contribution in [3.8, 4) is 0 Å². The van der Waals surface area contributed by atoms with Crippen molar-refractivity contribution in [1.82, 2.24) is 0 Å². The average Bonchev–Trinajstić information content (AvgIpc) is 2.56. The molecule has 13 heteroatoms. The monoisotopic (exact) mass is 448 g/mol. The molecule has 0 spiro atoms. The minimum atomic E-state index is -4.37. The van der Waals surface area contributed by atoms with Crippen LogP contribution in [0.2, 0.25) is 0 Å². The molecular formula is C14H36O10Si3. The summed E-state index contributed by atoms with van der Waals surface area (Å²) in [5, 5.41) is 0. The summed E-state index contributed by atoms with van der Waals surface area (Å²) >= 11 is 0. The molecule has 0 aliphatic heterocycles. The van der Waals surface area contributed by atoms with Gasteiger partial charge >= 0.3 is 27.1 Å². The van der Waals surface area contributed by atoms with Gasteiger partial charge in [-0.1, -0.05) is 0 Å². The second-order valence-corrected chi connectivity index (χ2v) is 11.5. The predicted octanol–water partition coefficient (Wildman–Crippen LogP) is 1.57. The highest BCUT2D eigenvalue weighted by molar-refractivity contribution is 6.73. The maximum atomic E-state index is 11.1. The van der Waals surface area contributed by atoms with Crippen LogP contribution >= 0.6 is 0 Å².